The smallest absolute Gasteiger partial charge is 0.306 e. The van der Waals surface area contributed by atoms with E-state index in [0.29, 0.717) is 11.1 Å². The number of hydrogen-bond donors (Lipinski definition) is 0. The van der Waals surface area contributed by atoms with Crippen LogP contribution in [-0.4, -0.2) is 41.6 Å². The number of aryl methyl sites for hydroxylation is 1. The minimum Gasteiger partial charge on any atom is -0.457 e. The maximum Gasteiger partial charge on any atom is 0.306 e. The number of ketones is 1. The lowest BCUT2D eigenvalue weighted by Crippen LogP contribution is -2.31. The first kappa shape index (κ1) is 19.4. The fourth-order valence-electron chi connectivity index (χ4n) is 2.93. The lowest BCUT2D eigenvalue weighted by Gasteiger charge is -2.13. The van der Waals surface area contributed by atoms with Crippen molar-refractivity contribution in [2.45, 2.75) is 19.8 Å². The first-order valence-corrected chi connectivity index (χ1v) is 8.78. The number of imide groups is 1. The number of nitrogens with zero attached hydrogens (tertiary/aromatic N) is 1. The minimum atomic E-state index is -0.608. The van der Waals surface area contributed by atoms with Crippen molar-refractivity contribution in [3.05, 3.63) is 70.5 Å². The van der Waals surface area contributed by atoms with Crippen molar-refractivity contribution in [2.24, 2.45) is 0 Å². The Hall–Kier alpha value is -3.35. The van der Waals surface area contributed by atoms with Gasteiger partial charge in [0.2, 0.25) is 0 Å². The first-order chi connectivity index (χ1) is 13.4. The average Bonchev–Trinajstić information content (AvgIpc) is 2.91. The molecule has 0 unspecified atom stereocenters. The third-order valence-corrected chi connectivity index (χ3v) is 4.42. The van der Waals surface area contributed by atoms with E-state index in [1.807, 2.05) is 6.92 Å². The van der Waals surface area contributed by atoms with Crippen molar-refractivity contribution < 1.29 is 28.3 Å². The molecule has 7 heteroatoms. The molecule has 0 radical (unpaired) electrons. The molecule has 1 aliphatic heterocycles. The number of benzene rings is 2. The van der Waals surface area contributed by atoms with Crippen LogP contribution in [0, 0.1) is 12.7 Å². The third kappa shape index (κ3) is 4.14. The van der Waals surface area contributed by atoms with Crippen LogP contribution in [0.4, 0.5) is 4.39 Å². The number of rotatable bonds is 7. The molecular formula is C21H18FNO5. The van der Waals surface area contributed by atoms with Gasteiger partial charge in [-0.2, -0.15) is 0 Å². The lowest BCUT2D eigenvalue weighted by atomic mass is 10.1. The standard InChI is InChI=1S/C21H18FNO5/c1-13-4-9-16-17(11-13)21(27)23(20(16)26)10-2-3-19(25)28-12-18(24)14-5-7-15(22)8-6-14/h4-9,11H,2-3,10,12H2,1H3. The van der Waals surface area contributed by atoms with E-state index in [4.69, 9.17) is 4.74 Å². The summed E-state index contributed by atoms with van der Waals surface area (Å²) in [6, 6.07) is 10.00. The molecule has 0 aromatic heterocycles. The topological polar surface area (TPSA) is 80.8 Å². The lowest BCUT2D eigenvalue weighted by molar-refractivity contribution is -0.142. The Balaban J connectivity index is 1.46. The van der Waals surface area contributed by atoms with Gasteiger partial charge in [-0.25, -0.2) is 4.39 Å². The molecule has 0 fully saturated rings. The first-order valence-electron chi connectivity index (χ1n) is 8.78. The number of carbonyl (C=O) groups is 4. The van der Waals surface area contributed by atoms with Gasteiger partial charge in [0, 0.05) is 18.5 Å². The van der Waals surface area contributed by atoms with E-state index in [1.54, 1.807) is 18.2 Å². The molecule has 2 amide bonds. The zero-order valence-corrected chi connectivity index (χ0v) is 15.2. The highest BCUT2D eigenvalue weighted by molar-refractivity contribution is 6.21. The molecule has 3 rings (SSSR count). The van der Waals surface area contributed by atoms with Gasteiger partial charge in [0.1, 0.15) is 5.82 Å². The summed E-state index contributed by atoms with van der Waals surface area (Å²) in [6.45, 7) is 1.48. The van der Waals surface area contributed by atoms with Crippen molar-refractivity contribution >= 4 is 23.6 Å². The molecule has 0 spiro atoms. The number of carbonyl (C=O) groups excluding carboxylic acids is 4. The van der Waals surface area contributed by atoms with Gasteiger partial charge in [-0.1, -0.05) is 11.6 Å². The fraction of sp³-hybridized carbons (Fsp3) is 0.238. The Morgan fingerprint density at radius 1 is 1.00 bits per heavy atom. The van der Waals surface area contributed by atoms with E-state index in [1.165, 1.54) is 12.1 Å². The van der Waals surface area contributed by atoms with Crippen LogP contribution in [-0.2, 0) is 9.53 Å². The van der Waals surface area contributed by atoms with Gasteiger partial charge < -0.3 is 4.74 Å². The van der Waals surface area contributed by atoms with E-state index in [0.717, 1.165) is 22.6 Å². The van der Waals surface area contributed by atoms with Gasteiger partial charge in [-0.15, -0.1) is 0 Å². The van der Waals surface area contributed by atoms with Gasteiger partial charge in [0.15, 0.2) is 12.4 Å². The summed E-state index contributed by atoms with van der Waals surface area (Å²) in [6.07, 6.45) is 0.192. The van der Waals surface area contributed by atoms with Crippen LogP contribution in [0.25, 0.3) is 0 Å². The molecule has 2 aromatic carbocycles. The molecule has 0 N–H and O–H groups in total. The molecule has 0 saturated heterocycles. The molecule has 0 saturated carbocycles. The highest BCUT2D eigenvalue weighted by Crippen LogP contribution is 2.24. The van der Waals surface area contributed by atoms with Crippen molar-refractivity contribution in [3.8, 4) is 0 Å². The quantitative estimate of drug-likeness (QED) is 0.417. The zero-order valence-electron chi connectivity index (χ0n) is 15.2. The summed E-state index contributed by atoms with van der Waals surface area (Å²) in [5.74, 6) is -2.26. The normalized spacial score (nSPS) is 12.9. The number of amides is 2. The Morgan fingerprint density at radius 3 is 2.39 bits per heavy atom. The Morgan fingerprint density at radius 2 is 1.68 bits per heavy atom. The van der Waals surface area contributed by atoms with Crippen LogP contribution < -0.4 is 0 Å². The van der Waals surface area contributed by atoms with Gasteiger partial charge in [-0.05, 0) is 49.7 Å². The maximum atomic E-state index is 12.8. The van der Waals surface area contributed by atoms with Gasteiger partial charge in [0.25, 0.3) is 11.8 Å². The van der Waals surface area contributed by atoms with Crippen molar-refractivity contribution in [3.63, 3.8) is 0 Å². The number of Topliss-reactive ketones (excluding diaryl/α,β-unsaturated/α-hetero) is 1. The summed E-state index contributed by atoms with van der Waals surface area (Å²) in [7, 11) is 0. The van der Waals surface area contributed by atoms with Crippen molar-refractivity contribution in [1.29, 1.82) is 0 Å². The number of halogens is 1. The highest BCUT2D eigenvalue weighted by atomic mass is 19.1. The molecule has 1 aliphatic rings. The van der Waals surface area contributed by atoms with Crippen molar-refractivity contribution in [1.82, 2.24) is 4.90 Å². The molecule has 1 heterocycles. The number of fused-ring (bicyclic) bond motifs is 1. The van der Waals surface area contributed by atoms with Gasteiger partial charge in [0.05, 0.1) is 11.1 Å². The van der Waals surface area contributed by atoms with Crippen LogP contribution in [0.3, 0.4) is 0 Å². The second kappa shape index (κ2) is 8.12. The minimum absolute atomic E-state index is 0.0386. The van der Waals surface area contributed by atoms with E-state index in [2.05, 4.69) is 0 Å². The molecule has 28 heavy (non-hydrogen) atoms. The van der Waals surface area contributed by atoms with E-state index >= 15 is 0 Å². The Bertz CT molecular complexity index is 952. The summed E-state index contributed by atoms with van der Waals surface area (Å²) < 4.78 is 17.8. The number of ether oxygens (including phenoxy) is 1. The summed E-state index contributed by atoms with van der Waals surface area (Å²) in [5, 5.41) is 0. The fourth-order valence-corrected chi connectivity index (χ4v) is 2.93. The molecule has 2 aromatic rings. The molecule has 0 atom stereocenters. The summed E-state index contributed by atoms with van der Waals surface area (Å²) in [4.78, 5) is 49.5. The molecule has 0 aliphatic carbocycles. The van der Waals surface area contributed by atoms with Crippen LogP contribution >= 0.6 is 0 Å². The van der Waals surface area contributed by atoms with Crippen LogP contribution in [0.1, 0.15) is 49.5 Å². The van der Waals surface area contributed by atoms with Crippen LogP contribution in [0.2, 0.25) is 0 Å². The third-order valence-electron chi connectivity index (χ3n) is 4.42. The molecule has 6 nitrogen and oxygen atoms in total. The van der Waals surface area contributed by atoms with Gasteiger partial charge >= 0.3 is 5.97 Å². The SMILES string of the molecule is Cc1ccc2c(c1)C(=O)N(CCCC(=O)OCC(=O)c1ccc(F)cc1)C2=O. The molecule has 144 valence electrons. The summed E-state index contributed by atoms with van der Waals surface area (Å²) in [5.41, 5.74) is 1.87. The monoisotopic (exact) mass is 383 g/mol. The van der Waals surface area contributed by atoms with E-state index in [9.17, 15) is 23.6 Å². The van der Waals surface area contributed by atoms with Gasteiger partial charge in [-0.3, -0.25) is 24.1 Å². The van der Waals surface area contributed by atoms with Crippen LogP contribution in [0.15, 0.2) is 42.5 Å². The Labute approximate surface area is 160 Å². The highest BCUT2D eigenvalue weighted by Gasteiger charge is 2.35. The van der Waals surface area contributed by atoms with Crippen LogP contribution in [0.5, 0.6) is 0 Å². The average molecular weight is 383 g/mol. The second-order valence-corrected chi connectivity index (χ2v) is 6.51. The second-order valence-electron chi connectivity index (χ2n) is 6.51. The van der Waals surface area contributed by atoms with E-state index in [-0.39, 0.29) is 36.8 Å². The molecular weight excluding hydrogens is 365 g/mol. The largest absolute Gasteiger partial charge is 0.457 e. The summed E-state index contributed by atoms with van der Waals surface area (Å²) >= 11 is 0. The number of hydrogen-bond acceptors (Lipinski definition) is 5. The maximum absolute atomic E-state index is 12.8. The van der Waals surface area contributed by atoms with Crippen molar-refractivity contribution in [2.75, 3.05) is 13.2 Å². The Kier molecular flexibility index (Phi) is 5.63. The zero-order chi connectivity index (χ0) is 20.3. The predicted molar refractivity (Wildman–Crippen MR) is 97.5 cm³/mol. The predicted octanol–water partition coefficient (Wildman–Crippen LogP) is 2.94. The molecule has 0 bridgehead atoms. The van der Waals surface area contributed by atoms with E-state index < -0.39 is 24.2 Å². The number of esters is 1.